The van der Waals surface area contributed by atoms with E-state index in [9.17, 15) is 18.4 Å². The van der Waals surface area contributed by atoms with E-state index >= 15 is 0 Å². The Morgan fingerprint density at radius 3 is 2.43 bits per heavy atom. The molecular formula is C22H14ClF2NO2. The summed E-state index contributed by atoms with van der Waals surface area (Å²) in [5.41, 5.74) is 1.24. The first-order valence-electron chi connectivity index (χ1n) is 8.27. The third kappa shape index (κ3) is 4.69. The third-order valence-electron chi connectivity index (χ3n) is 3.89. The van der Waals surface area contributed by atoms with Gasteiger partial charge >= 0.3 is 0 Å². The molecule has 0 aliphatic heterocycles. The molecule has 0 unspecified atom stereocenters. The number of hydrogen-bond acceptors (Lipinski definition) is 2. The number of benzene rings is 3. The number of amides is 1. The standard InChI is InChI=1S/C22H14ClF2NO2/c23-19-7-2-1-6-17(19)22(28)26-16-5-3-4-14(12-16)8-11-21(27)18-10-9-15(24)13-20(18)25/h1-13H,(H,26,28)/b11-8+. The molecule has 3 nitrogen and oxygen atoms in total. The SMILES string of the molecule is O=C(/C=C/c1cccc(NC(=O)c2ccccc2Cl)c1)c1ccc(F)cc1F. The number of nitrogens with one attached hydrogen (secondary N) is 1. The van der Waals surface area contributed by atoms with Gasteiger partial charge in [-0.2, -0.15) is 0 Å². The van der Waals surface area contributed by atoms with Crippen LogP contribution in [0.15, 0.2) is 72.8 Å². The first-order valence-corrected chi connectivity index (χ1v) is 8.65. The predicted octanol–water partition coefficient (Wildman–Crippen LogP) is 5.77. The molecule has 1 amide bonds. The quantitative estimate of drug-likeness (QED) is 0.439. The van der Waals surface area contributed by atoms with Crippen molar-refractivity contribution in [2.75, 3.05) is 5.32 Å². The predicted molar refractivity (Wildman–Crippen MR) is 106 cm³/mol. The maximum Gasteiger partial charge on any atom is 0.257 e. The van der Waals surface area contributed by atoms with E-state index in [0.29, 0.717) is 27.9 Å². The fourth-order valence-electron chi connectivity index (χ4n) is 2.51. The Balaban J connectivity index is 1.74. The van der Waals surface area contributed by atoms with Gasteiger partial charge in [-0.1, -0.05) is 41.9 Å². The average molecular weight is 398 g/mol. The number of anilines is 1. The van der Waals surface area contributed by atoms with Crippen LogP contribution in [0.4, 0.5) is 14.5 Å². The molecule has 3 rings (SSSR count). The highest BCUT2D eigenvalue weighted by Crippen LogP contribution is 2.19. The lowest BCUT2D eigenvalue weighted by Crippen LogP contribution is -2.12. The summed E-state index contributed by atoms with van der Waals surface area (Å²) in [5, 5.41) is 3.07. The molecule has 0 aliphatic rings. The normalized spacial score (nSPS) is 10.8. The molecule has 0 atom stereocenters. The van der Waals surface area contributed by atoms with Gasteiger partial charge in [-0.3, -0.25) is 9.59 Å². The molecule has 140 valence electrons. The van der Waals surface area contributed by atoms with Gasteiger partial charge in [0.05, 0.1) is 16.1 Å². The van der Waals surface area contributed by atoms with Crippen molar-refractivity contribution in [3.63, 3.8) is 0 Å². The van der Waals surface area contributed by atoms with Crippen LogP contribution in [0.5, 0.6) is 0 Å². The number of allylic oxidation sites excluding steroid dienone is 1. The van der Waals surface area contributed by atoms with Crippen LogP contribution < -0.4 is 5.32 Å². The minimum Gasteiger partial charge on any atom is -0.322 e. The van der Waals surface area contributed by atoms with Crippen LogP contribution in [0.3, 0.4) is 0 Å². The molecule has 3 aromatic rings. The second-order valence-corrected chi connectivity index (χ2v) is 6.29. The fraction of sp³-hybridized carbons (Fsp3) is 0. The summed E-state index contributed by atoms with van der Waals surface area (Å²) in [6, 6.07) is 16.2. The molecule has 0 aliphatic carbocycles. The molecule has 0 bridgehead atoms. The van der Waals surface area contributed by atoms with Gasteiger partial charge < -0.3 is 5.32 Å². The number of hydrogen-bond donors (Lipinski definition) is 1. The van der Waals surface area contributed by atoms with Crippen molar-refractivity contribution in [2.24, 2.45) is 0 Å². The van der Waals surface area contributed by atoms with E-state index in [0.717, 1.165) is 12.1 Å². The molecule has 6 heteroatoms. The maximum atomic E-state index is 13.7. The summed E-state index contributed by atoms with van der Waals surface area (Å²) in [6.45, 7) is 0. The summed E-state index contributed by atoms with van der Waals surface area (Å²) in [7, 11) is 0. The molecule has 0 saturated heterocycles. The summed E-state index contributed by atoms with van der Waals surface area (Å²) in [4.78, 5) is 24.4. The van der Waals surface area contributed by atoms with Crippen molar-refractivity contribution >= 4 is 35.1 Å². The van der Waals surface area contributed by atoms with Crippen LogP contribution in [0.1, 0.15) is 26.3 Å². The minimum atomic E-state index is -0.921. The lowest BCUT2D eigenvalue weighted by atomic mass is 10.1. The molecule has 3 aromatic carbocycles. The zero-order valence-corrected chi connectivity index (χ0v) is 15.2. The molecule has 1 N–H and O–H groups in total. The van der Waals surface area contributed by atoms with Crippen LogP contribution in [0, 0.1) is 11.6 Å². The summed E-state index contributed by atoms with van der Waals surface area (Å²) >= 11 is 6.02. The fourth-order valence-corrected chi connectivity index (χ4v) is 2.74. The van der Waals surface area contributed by atoms with Gasteiger partial charge in [0.2, 0.25) is 0 Å². The van der Waals surface area contributed by atoms with Crippen molar-refractivity contribution in [1.29, 1.82) is 0 Å². The van der Waals surface area contributed by atoms with Crippen molar-refractivity contribution < 1.29 is 18.4 Å². The molecule has 0 spiro atoms. The average Bonchev–Trinajstić information content (AvgIpc) is 2.66. The molecule has 0 heterocycles. The Labute approximate surface area is 165 Å². The monoisotopic (exact) mass is 397 g/mol. The molecule has 0 aromatic heterocycles. The second-order valence-electron chi connectivity index (χ2n) is 5.88. The number of carbonyl (C=O) groups is 2. The van der Waals surface area contributed by atoms with E-state index in [1.54, 1.807) is 48.5 Å². The van der Waals surface area contributed by atoms with E-state index in [-0.39, 0.29) is 11.5 Å². The molecular weight excluding hydrogens is 384 g/mol. The number of halogens is 3. The molecule has 0 radical (unpaired) electrons. The minimum absolute atomic E-state index is 0.221. The maximum absolute atomic E-state index is 13.7. The van der Waals surface area contributed by atoms with Crippen LogP contribution >= 0.6 is 11.6 Å². The van der Waals surface area contributed by atoms with Crippen molar-refractivity contribution in [2.45, 2.75) is 0 Å². The lowest BCUT2D eigenvalue weighted by molar-refractivity contribution is 0.102. The zero-order valence-electron chi connectivity index (χ0n) is 14.5. The number of carbonyl (C=O) groups excluding carboxylic acids is 2. The van der Waals surface area contributed by atoms with E-state index in [1.165, 1.54) is 12.2 Å². The Morgan fingerprint density at radius 2 is 1.68 bits per heavy atom. The first-order chi connectivity index (χ1) is 13.4. The van der Waals surface area contributed by atoms with E-state index in [1.807, 2.05) is 0 Å². The van der Waals surface area contributed by atoms with E-state index < -0.39 is 17.4 Å². The van der Waals surface area contributed by atoms with Crippen LogP contribution in [0.25, 0.3) is 6.08 Å². The van der Waals surface area contributed by atoms with E-state index in [2.05, 4.69) is 5.32 Å². The van der Waals surface area contributed by atoms with Gasteiger partial charge in [-0.15, -0.1) is 0 Å². The van der Waals surface area contributed by atoms with Crippen LogP contribution in [-0.2, 0) is 0 Å². The van der Waals surface area contributed by atoms with Gasteiger partial charge in [0, 0.05) is 11.8 Å². The van der Waals surface area contributed by atoms with Crippen molar-refractivity contribution in [3.05, 3.63) is 106 Å². The van der Waals surface area contributed by atoms with Gasteiger partial charge in [0.15, 0.2) is 5.78 Å². The van der Waals surface area contributed by atoms with Crippen molar-refractivity contribution in [1.82, 2.24) is 0 Å². The van der Waals surface area contributed by atoms with Crippen LogP contribution in [-0.4, -0.2) is 11.7 Å². The Hall–Kier alpha value is -3.31. The summed E-state index contributed by atoms with van der Waals surface area (Å²) < 4.78 is 26.6. The Bertz CT molecular complexity index is 1080. The Kier molecular flexibility index (Phi) is 5.96. The van der Waals surface area contributed by atoms with Crippen LogP contribution in [0.2, 0.25) is 5.02 Å². The molecule has 28 heavy (non-hydrogen) atoms. The highest BCUT2D eigenvalue weighted by Gasteiger charge is 2.11. The number of ketones is 1. The first kappa shape index (κ1) is 19.5. The Morgan fingerprint density at radius 1 is 0.893 bits per heavy atom. The van der Waals surface area contributed by atoms with Crippen molar-refractivity contribution in [3.8, 4) is 0 Å². The van der Waals surface area contributed by atoms with Gasteiger partial charge in [-0.05, 0) is 48.0 Å². The lowest BCUT2D eigenvalue weighted by Gasteiger charge is -2.07. The van der Waals surface area contributed by atoms with Gasteiger partial charge in [-0.25, -0.2) is 8.78 Å². The zero-order chi connectivity index (χ0) is 20.1. The smallest absolute Gasteiger partial charge is 0.257 e. The van der Waals surface area contributed by atoms with E-state index in [4.69, 9.17) is 11.6 Å². The van der Waals surface area contributed by atoms with Gasteiger partial charge in [0.25, 0.3) is 5.91 Å². The number of rotatable bonds is 5. The topological polar surface area (TPSA) is 46.2 Å². The highest BCUT2D eigenvalue weighted by molar-refractivity contribution is 6.34. The summed E-state index contributed by atoms with van der Waals surface area (Å²) in [6.07, 6.45) is 2.67. The third-order valence-corrected chi connectivity index (χ3v) is 4.22. The second kappa shape index (κ2) is 8.59. The molecule has 0 fully saturated rings. The molecule has 0 saturated carbocycles. The largest absolute Gasteiger partial charge is 0.322 e. The summed E-state index contributed by atoms with van der Waals surface area (Å²) in [5.74, 6) is -2.63. The highest BCUT2D eigenvalue weighted by atomic mass is 35.5. The van der Waals surface area contributed by atoms with Gasteiger partial charge in [0.1, 0.15) is 11.6 Å².